The van der Waals surface area contributed by atoms with E-state index in [9.17, 15) is 4.39 Å². The highest BCUT2D eigenvalue weighted by Crippen LogP contribution is 2.13. The van der Waals surface area contributed by atoms with Crippen molar-refractivity contribution in [3.63, 3.8) is 0 Å². The highest BCUT2D eigenvalue weighted by Gasteiger charge is 1.98. The minimum absolute atomic E-state index is 0.191. The van der Waals surface area contributed by atoms with Gasteiger partial charge in [-0.15, -0.1) is 11.3 Å². The third kappa shape index (κ3) is 5.27. The smallest absolute Gasteiger partial charge is 0.139 e. The first-order valence-corrected chi connectivity index (χ1v) is 4.78. The molecule has 0 aliphatic heterocycles. The molecule has 1 heterocycles. The van der Waals surface area contributed by atoms with Crippen LogP contribution in [0.4, 0.5) is 4.39 Å². The Morgan fingerprint density at radius 1 is 1.50 bits per heavy atom. The molecule has 0 unspecified atom stereocenters. The standard InChI is InChI=1S/C5H5FOS.C4H10/c6-4-1-2-8-5(4)3-7;1-4(2)3/h1-2,7H,3H2;4H,1-3H3. The van der Waals surface area contributed by atoms with Crippen molar-refractivity contribution in [3.05, 3.63) is 22.1 Å². The molecule has 0 amide bonds. The van der Waals surface area contributed by atoms with Crippen LogP contribution in [-0.2, 0) is 6.61 Å². The molecule has 1 N–H and O–H groups in total. The molecule has 0 spiro atoms. The third-order valence-corrected chi connectivity index (χ3v) is 1.72. The van der Waals surface area contributed by atoms with Crippen molar-refractivity contribution in [2.45, 2.75) is 27.4 Å². The summed E-state index contributed by atoms with van der Waals surface area (Å²) < 4.78 is 12.2. The van der Waals surface area contributed by atoms with Gasteiger partial charge in [0, 0.05) is 0 Å². The summed E-state index contributed by atoms with van der Waals surface area (Å²) in [7, 11) is 0. The third-order valence-electron chi connectivity index (χ3n) is 0.835. The van der Waals surface area contributed by atoms with E-state index in [-0.39, 0.29) is 12.4 Å². The van der Waals surface area contributed by atoms with Crippen molar-refractivity contribution in [2.75, 3.05) is 0 Å². The van der Waals surface area contributed by atoms with Gasteiger partial charge in [-0.05, 0) is 17.4 Å². The van der Waals surface area contributed by atoms with Crippen LogP contribution in [-0.4, -0.2) is 5.11 Å². The van der Waals surface area contributed by atoms with Crippen molar-refractivity contribution in [2.24, 2.45) is 5.92 Å². The Bertz CT molecular complexity index is 205. The van der Waals surface area contributed by atoms with Crippen LogP contribution < -0.4 is 0 Å². The molecule has 1 aromatic rings. The lowest BCUT2D eigenvalue weighted by Gasteiger charge is -1.83. The molecule has 3 heteroatoms. The van der Waals surface area contributed by atoms with Crippen LogP contribution in [0.2, 0.25) is 0 Å². The summed E-state index contributed by atoms with van der Waals surface area (Å²) in [5, 5.41) is 9.99. The molecule has 0 aromatic carbocycles. The second-order valence-electron chi connectivity index (χ2n) is 3.08. The van der Waals surface area contributed by atoms with Gasteiger partial charge in [-0.25, -0.2) is 4.39 Å². The van der Waals surface area contributed by atoms with E-state index in [2.05, 4.69) is 20.8 Å². The highest BCUT2D eigenvalue weighted by molar-refractivity contribution is 7.09. The van der Waals surface area contributed by atoms with Crippen molar-refractivity contribution in [3.8, 4) is 0 Å². The highest BCUT2D eigenvalue weighted by atomic mass is 32.1. The molecule has 12 heavy (non-hydrogen) atoms. The van der Waals surface area contributed by atoms with Crippen LogP contribution in [0.3, 0.4) is 0 Å². The molecule has 0 atom stereocenters. The summed E-state index contributed by atoms with van der Waals surface area (Å²) in [4.78, 5) is 0.407. The van der Waals surface area contributed by atoms with E-state index in [1.165, 1.54) is 17.4 Å². The zero-order valence-electron chi connectivity index (χ0n) is 7.67. The Hall–Kier alpha value is -0.410. The minimum Gasteiger partial charge on any atom is -0.391 e. The molecule has 70 valence electrons. The molecule has 0 fully saturated rings. The van der Waals surface area contributed by atoms with E-state index in [1.54, 1.807) is 5.38 Å². The van der Waals surface area contributed by atoms with Crippen LogP contribution in [0.15, 0.2) is 11.4 Å². The predicted octanol–water partition coefficient (Wildman–Crippen LogP) is 3.04. The summed E-state index contributed by atoms with van der Waals surface area (Å²) >= 11 is 1.22. The summed E-state index contributed by atoms with van der Waals surface area (Å²) in [5.41, 5.74) is 0. The molecular formula is C9H15FOS. The molecular weight excluding hydrogens is 175 g/mol. The lowest BCUT2D eigenvalue weighted by molar-refractivity contribution is 0.280. The molecule has 0 saturated heterocycles. The maximum absolute atomic E-state index is 12.2. The fraction of sp³-hybridized carbons (Fsp3) is 0.556. The van der Waals surface area contributed by atoms with Crippen molar-refractivity contribution >= 4 is 11.3 Å². The monoisotopic (exact) mass is 190 g/mol. The van der Waals surface area contributed by atoms with Gasteiger partial charge >= 0.3 is 0 Å². The molecule has 0 bridgehead atoms. The summed E-state index contributed by atoms with van der Waals surface area (Å²) in [5.74, 6) is 0.525. The van der Waals surface area contributed by atoms with Gasteiger partial charge in [-0.1, -0.05) is 20.8 Å². The van der Waals surface area contributed by atoms with Gasteiger partial charge in [0.15, 0.2) is 0 Å². The number of thiophene rings is 1. The van der Waals surface area contributed by atoms with Crippen molar-refractivity contribution < 1.29 is 9.50 Å². The number of hydrogen-bond donors (Lipinski definition) is 1. The van der Waals surface area contributed by atoms with Crippen LogP contribution in [0.5, 0.6) is 0 Å². The number of rotatable bonds is 1. The Morgan fingerprint density at radius 3 is 2.17 bits per heavy atom. The first kappa shape index (κ1) is 11.6. The maximum atomic E-state index is 12.2. The Labute approximate surface area is 76.9 Å². The molecule has 0 saturated carbocycles. The van der Waals surface area contributed by atoms with Crippen LogP contribution in [0.1, 0.15) is 25.6 Å². The van der Waals surface area contributed by atoms with Gasteiger partial charge in [0.1, 0.15) is 5.82 Å². The number of aliphatic hydroxyl groups is 1. The van der Waals surface area contributed by atoms with Crippen molar-refractivity contribution in [1.82, 2.24) is 0 Å². The van der Waals surface area contributed by atoms with Gasteiger partial charge < -0.3 is 5.11 Å². The van der Waals surface area contributed by atoms with Crippen molar-refractivity contribution in [1.29, 1.82) is 0 Å². The minimum atomic E-state index is -0.308. The van der Waals surface area contributed by atoms with E-state index < -0.39 is 0 Å². The Kier molecular flexibility index (Phi) is 5.93. The molecule has 0 aliphatic carbocycles. The average molecular weight is 190 g/mol. The van der Waals surface area contributed by atoms with Crippen LogP contribution in [0.25, 0.3) is 0 Å². The summed E-state index contributed by atoms with van der Waals surface area (Å²) in [6, 6.07) is 1.34. The zero-order valence-corrected chi connectivity index (χ0v) is 8.49. The number of hydrogen-bond acceptors (Lipinski definition) is 2. The second-order valence-corrected chi connectivity index (χ2v) is 4.08. The average Bonchev–Trinajstić information content (AvgIpc) is 2.33. The van der Waals surface area contributed by atoms with Gasteiger partial charge in [-0.3, -0.25) is 0 Å². The second kappa shape index (κ2) is 6.14. The Balaban J connectivity index is 0.000000261. The maximum Gasteiger partial charge on any atom is 0.139 e. The summed E-state index contributed by atoms with van der Waals surface area (Å²) in [6.07, 6.45) is 0. The van der Waals surface area contributed by atoms with E-state index >= 15 is 0 Å². The van der Waals surface area contributed by atoms with Crippen LogP contribution in [0, 0.1) is 11.7 Å². The SMILES string of the molecule is CC(C)C.OCc1sccc1F. The number of halogens is 1. The largest absolute Gasteiger partial charge is 0.391 e. The normalized spacial score (nSPS) is 9.50. The Morgan fingerprint density at radius 2 is 2.00 bits per heavy atom. The van der Waals surface area contributed by atoms with E-state index in [0.717, 1.165) is 5.92 Å². The van der Waals surface area contributed by atoms with Gasteiger partial charge in [0.05, 0.1) is 11.5 Å². The van der Waals surface area contributed by atoms with Gasteiger partial charge in [0.2, 0.25) is 0 Å². The lowest BCUT2D eigenvalue weighted by atomic mass is 10.3. The first-order chi connectivity index (χ1) is 5.57. The summed E-state index contributed by atoms with van der Waals surface area (Å²) in [6.45, 7) is 6.31. The molecule has 1 nitrogen and oxygen atoms in total. The number of aliphatic hydroxyl groups excluding tert-OH is 1. The topological polar surface area (TPSA) is 20.2 Å². The lowest BCUT2D eigenvalue weighted by Crippen LogP contribution is -1.77. The molecule has 0 aliphatic rings. The van der Waals surface area contributed by atoms with Gasteiger partial charge in [-0.2, -0.15) is 0 Å². The molecule has 1 aromatic heterocycles. The van der Waals surface area contributed by atoms with E-state index in [0.29, 0.717) is 4.88 Å². The zero-order chi connectivity index (χ0) is 9.56. The van der Waals surface area contributed by atoms with E-state index in [1.807, 2.05) is 0 Å². The first-order valence-electron chi connectivity index (χ1n) is 3.90. The fourth-order valence-corrected chi connectivity index (χ4v) is 1.04. The quantitative estimate of drug-likeness (QED) is 0.721. The van der Waals surface area contributed by atoms with Gasteiger partial charge in [0.25, 0.3) is 0 Å². The van der Waals surface area contributed by atoms with E-state index in [4.69, 9.17) is 5.11 Å². The predicted molar refractivity (Wildman–Crippen MR) is 50.7 cm³/mol. The molecule has 0 radical (unpaired) electrons. The molecule has 1 rings (SSSR count). The van der Waals surface area contributed by atoms with Crippen LogP contribution >= 0.6 is 11.3 Å². The fourth-order valence-electron chi connectivity index (χ4n) is 0.438.